The van der Waals surface area contributed by atoms with Gasteiger partial charge in [0.1, 0.15) is 11.6 Å². The Labute approximate surface area is 122 Å². The third kappa shape index (κ3) is 2.56. The molecule has 1 amide bonds. The van der Waals surface area contributed by atoms with Crippen molar-refractivity contribution in [1.82, 2.24) is 4.98 Å². The van der Waals surface area contributed by atoms with Crippen LogP contribution >= 0.6 is 0 Å². The Morgan fingerprint density at radius 3 is 2.45 bits per heavy atom. The number of benzene rings is 2. The van der Waals surface area contributed by atoms with Crippen molar-refractivity contribution in [2.75, 3.05) is 0 Å². The summed E-state index contributed by atoms with van der Waals surface area (Å²) < 4.78 is 25.9. The fourth-order valence-electron chi connectivity index (χ4n) is 1.99. The van der Waals surface area contributed by atoms with Crippen LogP contribution in [0.15, 0.2) is 52.7 Å². The Morgan fingerprint density at radius 2 is 1.73 bits per heavy atom. The van der Waals surface area contributed by atoms with Gasteiger partial charge in [0.2, 0.25) is 5.88 Å². The van der Waals surface area contributed by atoms with Gasteiger partial charge in [0, 0.05) is 10.9 Å². The molecule has 5 nitrogen and oxygen atoms in total. The lowest BCUT2D eigenvalue weighted by Gasteiger charge is -1.94. The summed E-state index contributed by atoms with van der Waals surface area (Å²) in [5, 5.41) is 17.4. The van der Waals surface area contributed by atoms with E-state index in [-0.39, 0.29) is 17.1 Å². The maximum absolute atomic E-state index is 13.1. The van der Waals surface area contributed by atoms with Crippen LogP contribution in [0.4, 0.5) is 14.5 Å². The van der Waals surface area contributed by atoms with E-state index in [0.717, 1.165) is 12.1 Å². The number of rotatable bonds is 2. The van der Waals surface area contributed by atoms with Gasteiger partial charge in [-0.25, -0.2) is 8.78 Å². The van der Waals surface area contributed by atoms with E-state index in [4.69, 9.17) is 0 Å². The molecule has 0 unspecified atom stereocenters. The molecule has 0 radical (unpaired) electrons. The first-order chi connectivity index (χ1) is 10.5. The van der Waals surface area contributed by atoms with Crippen LogP contribution < -0.4 is 0 Å². The highest BCUT2D eigenvalue weighted by atomic mass is 19.1. The molecule has 3 rings (SSSR count). The fourth-order valence-corrected chi connectivity index (χ4v) is 1.99. The maximum Gasteiger partial charge on any atom is 0.295 e. The average molecular weight is 301 g/mol. The van der Waals surface area contributed by atoms with E-state index in [1.807, 2.05) is 0 Å². The van der Waals surface area contributed by atoms with Gasteiger partial charge in [-0.05, 0) is 42.5 Å². The molecule has 0 aliphatic rings. The lowest BCUT2D eigenvalue weighted by molar-refractivity contribution is 0.0995. The van der Waals surface area contributed by atoms with Gasteiger partial charge in [0.15, 0.2) is 5.69 Å². The lowest BCUT2D eigenvalue weighted by Crippen LogP contribution is -1.93. The summed E-state index contributed by atoms with van der Waals surface area (Å²) in [7, 11) is 0. The average Bonchev–Trinajstić information content (AvgIpc) is 2.80. The van der Waals surface area contributed by atoms with Crippen molar-refractivity contribution in [3.8, 4) is 5.88 Å². The molecule has 1 aromatic heterocycles. The summed E-state index contributed by atoms with van der Waals surface area (Å²) >= 11 is 0. The monoisotopic (exact) mass is 301 g/mol. The second-order valence-electron chi connectivity index (χ2n) is 4.52. The molecule has 0 saturated carbocycles. The van der Waals surface area contributed by atoms with Crippen LogP contribution in [0.5, 0.6) is 5.88 Å². The number of nitrogens with zero attached hydrogens (tertiary/aromatic N) is 2. The molecule has 7 heteroatoms. The number of carbonyl (C=O) groups excluding carboxylic acids is 1. The van der Waals surface area contributed by atoms with Crippen molar-refractivity contribution in [3.05, 3.63) is 59.7 Å². The number of carbonyl (C=O) groups is 1. The van der Waals surface area contributed by atoms with Crippen molar-refractivity contribution >= 4 is 22.5 Å². The zero-order chi connectivity index (χ0) is 15.7. The van der Waals surface area contributed by atoms with Crippen molar-refractivity contribution in [1.29, 1.82) is 0 Å². The number of nitrogens with one attached hydrogen (secondary N) is 1. The van der Waals surface area contributed by atoms with Crippen molar-refractivity contribution in [3.63, 3.8) is 0 Å². The number of H-pyrrole nitrogens is 1. The van der Waals surface area contributed by atoms with Gasteiger partial charge in [-0.3, -0.25) is 4.79 Å². The van der Waals surface area contributed by atoms with E-state index >= 15 is 0 Å². The molecule has 110 valence electrons. The van der Waals surface area contributed by atoms with Gasteiger partial charge < -0.3 is 10.1 Å². The van der Waals surface area contributed by atoms with Crippen LogP contribution in [0.2, 0.25) is 0 Å². The number of fused-ring (bicyclic) bond motifs is 1. The molecule has 0 spiro atoms. The highest BCUT2D eigenvalue weighted by molar-refractivity contribution is 5.96. The summed E-state index contributed by atoms with van der Waals surface area (Å²) in [5.74, 6) is -1.95. The van der Waals surface area contributed by atoms with Crippen LogP contribution in [0, 0.1) is 11.6 Å². The van der Waals surface area contributed by atoms with Gasteiger partial charge in [-0.1, -0.05) is 0 Å². The van der Waals surface area contributed by atoms with E-state index in [2.05, 4.69) is 15.2 Å². The van der Waals surface area contributed by atoms with Gasteiger partial charge in [-0.15, -0.1) is 10.2 Å². The Hall–Kier alpha value is -3.09. The Kier molecular flexibility index (Phi) is 3.38. The summed E-state index contributed by atoms with van der Waals surface area (Å²) in [6.45, 7) is 0. The second kappa shape index (κ2) is 5.36. The minimum atomic E-state index is -0.684. The molecule has 1 heterocycles. The molecule has 0 fully saturated rings. The molecule has 0 bridgehead atoms. The normalized spacial score (nSPS) is 11.4. The van der Waals surface area contributed by atoms with Crippen molar-refractivity contribution in [2.45, 2.75) is 0 Å². The summed E-state index contributed by atoms with van der Waals surface area (Å²) in [6.07, 6.45) is 0. The largest absolute Gasteiger partial charge is 0.493 e. The van der Waals surface area contributed by atoms with E-state index in [1.165, 1.54) is 30.3 Å². The number of aromatic amines is 1. The summed E-state index contributed by atoms with van der Waals surface area (Å²) in [5.41, 5.74) is 0.529. The fraction of sp³-hybridized carbons (Fsp3) is 0. The molecule has 0 atom stereocenters. The smallest absolute Gasteiger partial charge is 0.295 e. The number of hydrogen-bond acceptors (Lipinski definition) is 3. The molecule has 3 aromatic rings. The third-order valence-electron chi connectivity index (χ3n) is 3.05. The molecule has 2 aromatic carbocycles. The SMILES string of the molecule is O=C(N=Nc1c(O)[nH]c2cc(F)ccc12)c1ccc(F)cc1. The number of aromatic nitrogens is 1. The molecule has 22 heavy (non-hydrogen) atoms. The molecule has 2 N–H and O–H groups in total. The van der Waals surface area contributed by atoms with Gasteiger partial charge in [0.25, 0.3) is 5.91 Å². The van der Waals surface area contributed by atoms with Gasteiger partial charge >= 0.3 is 0 Å². The molecule has 0 aliphatic heterocycles. The number of amides is 1. The zero-order valence-electron chi connectivity index (χ0n) is 11.0. The molecular weight excluding hydrogens is 292 g/mol. The van der Waals surface area contributed by atoms with Crippen molar-refractivity contribution in [2.24, 2.45) is 10.2 Å². The minimum absolute atomic E-state index is 0.0328. The van der Waals surface area contributed by atoms with Crippen LogP contribution in [0.25, 0.3) is 10.9 Å². The molecular formula is C15H9F2N3O2. The highest BCUT2D eigenvalue weighted by Crippen LogP contribution is 2.35. The molecule has 0 saturated heterocycles. The minimum Gasteiger partial charge on any atom is -0.493 e. The van der Waals surface area contributed by atoms with Crippen LogP contribution in [0.1, 0.15) is 10.4 Å². The Morgan fingerprint density at radius 1 is 1.05 bits per heavy atom. The third-order valence-corrected chi connectivity index (χ3v) is 3.05. The second-order valence-corrected chi connectivity index (χ2v) is 4.52. The quantitative estimate of drug-likeness (QED) is 0.700. The first-order valence-corrected chi connectivity index (χ1v) is 6.26. The maximum atomic E-state index is 13.1. The van der Waals surface area contributed by atoms with Crippen molar-refractivity contribution < 1.29 is 18.7 Å². The predicted octanol–water partition coefficient (Wildman–Crippen LogP) is 4.08. The van der Waals surface area contributed by atoms with Crippen LogP contribution in [-0.4, -0.2) is 16.0 Å². The summed E-state index contributed by atoms with van der Waals surface area (Å²) in [6, 6.07) is 8.63. The topological polar surface area (TPSA) is 77.8 Å². The first kappa shape index (κ1) is 13.9. The first-order valence-electron chi connectivity index (χ1n) is 6.26. The van der Waals surface area contributed by atoms with E-state index in [1.54, 1.807) is 0 Å². The number of halogens is 2. The number of hydrogen-bond donors (Lipinski definition) is 2. The summed E-state index contributed by atoms with van der Waals surface area (Å²) in [4.78, 5) is 14.4. The Balaban J connectivity index is 1.94. The van der Waals surface area contributed by atoms with Crippen LogP contribution in [-0.2, 0) is 0 Å². The number of azo groups is 1. The standard InChI is InChI=1S/C15H9F2N3O2/c16-9-3-1-8(2-4-9)14(21)20-19-13-11-6-5-10(17)7-12(11)18-15(13)22/h1-7,18,22H. The van der Waals surface area contributed by atoms with E-state index in [9.17, 15) is 18.7 Å². The number of aromatic hydroxyl groups is 1. The lowest BCUT2D eigenvalue weighted by atomic mass is 10.2. The highest BCUT2D eigenvalue weighted by Gasteiger charge is 2.12. The van der Waals surface area contributed by atoms with Gasteiger partial charge in [0.05, 0.1) is 5.52 Å². The van der Waals surface area contributed by atoms with Crippen LogP contribution in [0.3, 0.4) is 0 Å². The molecule has 0 aliphatic carbocycles. The van der Waals surface area contributed by atoms with E-state index < -0.39 is 17.5 Å². The van der Waals surface area contributed by atoms with E-state index in [0.29, 0.717) is 10.9 Å². The zero-order valence-corrected chi connectivity index (χ0v) is 11.0. The van der Waals surface area contributed by atoms with Gasteiger partial charge in [-0.2, -0.15) is 0 Å². The predicted molar refractivity (Wildman–Crippen MR) is 75.2 cm³/mol. The Bertz CT molecular complexity index is 886.